The van der Waals surface area contributed by atoms with Crippen molar-refractivity contribution in [3.05, 3.63) is 118 Å². The third kappa shape index (κ3) is 8.07. The molecule has 2 unspecified atom stereocenters. The summed E-state index contributed by atoms with van der Waals surface area (Å²) < 4.78 is 78.5. The summed E-state index contributed by atoms with van der Waals surface area (Å²) in [6.07, 6.45) is -0.102. The molecule has 2 atom stereocenters. The van der Waals surface area contributed by atoms with Crippen molar-refractivity contribution in [2.24, 2.45) is 0 Å². The van der Waals surface area contributed by atoms with E-state index >= 15 is 4.39 Å². The monoisotopic (exact) mass is 732 g/mol. The summed E-state index contributed by atoms with van der Waals surface area (Å²) in [5.41, 5.74) is 0.697. The highest BCUT2D eigenvalue weighted by Crippen LogP contribution is 2.41. The molecule has 6 rings (SSSR count). The zero-order valence-electron chi connectivity index (χ0n) is 27.9. The Morgan fingerprint density at radius 1 is 0.960 bits per heavy atom. The molecule has 2 fully saturated rings. The number of allylic oxidation sites excluding steroid dienone is 1. The van der Waals surface area contributed by atoms with E-state index in [1.54, 1.807) is 42.9 Å². The van der Waals surface area contributed by atoms with Crippen molar-refractivity contribution in [3.8, 4) is 5.75 Å². The molecule has 2 aliphatic rings. The fourth-order valence-electron chi connectivity index (χ4n) is 6.17. The number of hydrogen-bond donors (Lipinski definition) is 0. The normalized spacial score (nSPS) is 20.6. The van der Waals surface area contributed by atoms with E-state index < -0.39 is 29.6 Å². The molecule has 266 valence electrons. The fourth-order valence-corrected chi connectivity index (χ4v) is 6.73. The Morgan fingerprint density at radius 3 is 2.26 bits per heavy atom. The molecule has 0 bridgehead atoms. The Bertz CT molecular complexity index is 1790. The zero-order chi connectivity index (χ0) is 35.7. The van der Waals surface area contributed by atoms with Gasteiger partial charge in [-0.05, 0) is 52.9 Å². The SMILES string of the molecule is CC(C)(C)c1ccc(/C(=C(/F)N2CCN(c3ccc(OCC4COC(Cn5ccnc5)(c5ccc(Cl)cc5Cl)O4)cc3)CC2)C(F)(F)F)cc1. The lowest BCUT2D eigenvalue weighted by atomic mass is 9.86. The summed E-state index contributed by atoms with van der Waals surface area (Å²) in [4.78, 5) is 7.29. The number of halogens is 6. The van der Waals surface area contributed by atoms with E-state index in [-0.39, 0.29) is 37.3 Å². The molecule has 2 saturated heterocycles. The maximum Gasteiger partial charge on any atom is 0.421 e. The van der Waals surface area contributed by atoms with Gasteiger partial charge in [-0.15, -0.1) is 0 Å². The number of ether oxygens (including phenoxy) is 3. The van der Waals surface area contributed by atoms with E-state index in [2.05, 4.69) is 4.98 Å². The molecule has 0 amide bonds. The molecule has 50 heavy (non-hydrogen) atoms. The summed E-state index contributed by atoms with van der Waals surface area (Å²) in [6, 6.07) is 18.5. The number of nitrogens with zero attached hydrogens (tertiary/aromatic N) is 4. The lowest BCUT2D eigenvalue weighted by Gasteiger charge is -2.37. The Kier molecular flexibility index (Phi) is 10.4. The van der Waals surface area contributed by atoms with Crippen molar-refractivity contribution in [2.75, 3.05) is 44.3 Å². The molecule has 0 N–H and O–H groups in total. The van der Waals surface area contributed by atoms with Crippen LogP contribution in [0.15, 0.2) is 91.4 Å². The number of piperazine rings is 1. The highest BCUT2D eigenvalue weighted by Gasteiger charge is 2.45. The highest BCUT2D eigenvalue weighted by molar-refractivity contribution is 6.35. The van der Waals surface area contributed by atoms with Crippen molar-refractivity contribution < 1.29 is 31.8 Å². The van der Waals surface area contributed by atoms with Gasteiger partial charge >= 0.3 is 6.18 Å². The minimum atomic E-state index is -4.85. The summed E-state index contributed by atoms with van der Waals surface area (Å²) in [6.45, 7) is 7.59. The van der Waals surface area contributed by atoms with Crippen LogP contribution in [0.4, 0.5) is 23.2 Å². The Morgan fingerprint density at radius 2 is 1.66 bits per heavy atom. The zero-order valence-corrected chi connectivity index (χ0v) is 29.4. The van der Waals surface area contributed by atoms with Gasteiger partial charge in [0.25, 0.3) is 0 Å². The lowest BCUT2D eigenvalue weighted by molar-refractivity contribution is -0.189. The van der Waals surface area contributed by atoms with Crippen LogP contribution in [0.1, 0.15) is 37.5 Å². The first-order chi connectivity index (χ1) is 23.7. The highest BCUT2D eigenvalue weighted by atomic mass is 35.5. The van der Waals surface area contributed by atoms with Gasteiger partial charge in [-0.2, -0.15) is 17.6 Å². The molecule has 7 nitrogen and oxygen atoms in total. The van der Waals surface area contributed by atoms with E-state index in [9.17, 15) is 13.2 Å². The maximum absolute atomic E-state index is 15.6. The van der Waals surface area contributed by atoms with Gasteiger partial charge in [0, 0.05) is 54.8 Å². The molecule has 4 aromatic rings. The average molecular weight is 734 g/mol. The van der Waals surface area contributed by atoms with Crippen LogP contribution in [0.3, 0.4) is 0 Å². The van der Waals surface area contributed by atoms with Crippen LogP contribution in [0.2, 0.25) is 10.0 Å². The number of hydrogen-bond acceptors (Lipinski definition) is 6. The second-order valence-corrected chi connectivity index (χ2v) is 14.3. The average Bonchev–Trinajstić information content (AvgIpc) is 3.74. The van der Waals surface area contributed by atoms with Gasteiger partial charge in [0.2, 0.25) is 11.7 Å². The van der Waals surface area contributed by atoms with Crippen molar-refractivity contribution in [3.63, 3.8) is 0 Å². The number of benzene rings is 3. The number of alkyl halides is 3. The van der Waals surface area contributed by atoms with E-state index in [4.69, 9.17) is 37.4 Å². The molecule has 3 heterocycles. The van der Waals surface area contributed by atoms with E-state index in [1.165, 1.54) is 17.0 Å². The lowest BCUT2D eigenvalue weighted by Crippen LogP contribution is -2.45. The van der Waals surface area contributed by atoms with Gasteiger partial charge in [0.1, 0.15) is 24.0 Å². The van der Waals surface area contributed by atoms with Crippen molar-refractivity contribution >= 4 is 34.5 Å². The van der Waals surface area contributed by atoms with E-state index in [0.717, 1.165) is 11.3 Å². The van der Waals surface area contributed by atoms with E-state index in [1.807, 2.05) is 60.7 Å². The van der Waals surface area contributed by atoms with Crippen molar-refractivity contribution in [2.45, 2.75) is 50.8 Å². The third-order valence-electron chi connectivity index (χ3n) is 8.88. The van der Waals surface area contributed by atoms with Gasteiger partial charge in [0.05, 0.1) is 24.5 Å². The fraction of sp³-hybridized carbons (Fsp3) is 0.378. The van der Waals surface area contributed by atoms with E-state index in [0.29, 0.717) is 41.0 Å². The van der Waals surface area contributed by atoms with Gasteiger partial charge in [-0.25, -0.2) is 4.98 Å². The topological polar surface area (TPSA) is 52.0 Å². The molecule has 1 aromatic heterocycles. The predicted molar refractivity (Wildman–Crippen MR) is 186 cm³/mol. The molecule has 3 aromatic carbocycles. The largest absolute Gasteiger partial charge is 0.491 e. The first-order valence-corrected chi connectivity index (χ1v) is 17.0. The first kappa shape index (κ1) is 36.0. The maximum atomic E-state index is 15.6. The van der Waals surface area contributed by atoms with Crippen LogP contribution < -0.4 is 9.64 Å². The standard InChI is InChI=1S/C37H38Cl2F4N4O3/c1-35(2,3)26-6-4-25(5-7-26)33(37(41,42)43)34(40)47-18-16-46(17-19-47)28-9-11-29(12-10-28)48-21-30-22-49-36(50-30,23-45-15-14-44-24-45)31-13-8-27(38)20-32(31)39/h4-15,20,24,30H,16-19,21-23H2,1-3H3/b34-33+. The number of aromatic nitrogens is 2. The van der Waals surface area contributed by atoms with Crippen LogP contribution in [-0.2, 0) is 27.2 Å². The molecule has 0 aliphatic carbocycles. The number of rotatable bonds is 9. The van der Waals surface area contributed by atoms with Crippen LogP contribution >= 0.6 is 23.2 Å². The molecule has 0 radical (unpaired) electrons. The Hall–Kier alpha value is -3.77. The molecular formula is C37H38Cl2F4N4O3. The predicted octanol–water partition coefficient (Wildman–Crippen LogP) is 8.86. The summed E-state index contributed by atoms with van der Waals surface area (Å²) in [5.74, 6) is -1.82. The minimum absolute atomic E-state index is 0.0984. The van der Waals surface area contributed by atoms with Crippen molar-refractivity contribution in [1.29, 1.82) is 0 Å². The van der Waals surface area contributed by atoms with Crippen molar-refractivity contribution in [1.82, 2.24) is 14.5 Å². The summed E-state index contributed by atoms with van der Waals surface area (Å²) >= 11 is 12.7. The number of anilines is 1. The Labute approximate surface area is 299 Å². The summed E-state index contributed by atoms with van der Waals surface area (Å²) in [5, 5.41) is 0.915. The van der Waals surface area contributed by atoms with Crippen LogP contribution in [0.25, 0.3) is 5.57 Å². The second kappa shape index (κ2) is 14.5. The number of imidazole rings is 1. The quantitative estimate of drug-likeness (QED) is 0.127. The molecule has 0 saturated carbocycles. The van der Waals surface area contributed by atoms with Gasteiger partial charge in [-0.3, -0.25) is 0 Å². The third-order valence-corrected chi connectivity index (χ3v) is 9.42. The molecular weight excluding hydrogens is 695 g/mol. The minimum Gasteiger partial charge on any atom is -0.491 e. The van der Waals surface area contributed by atoms with Gasteiger partial charge in [0.15, 0.2) is 0 Å². The van der Waals surface area contributed by atoms with Crippen LogP contribution in [-0.4, -0.2) is 66.1 Å². The molecule has 2 aliphatic heterocycles. The van der Waals surface area contributed by atoms with Gasteiger partial charge < -0.3 is 28.6 Å². The molecule has 13 heteroatoms. The smallest absolute Gasteiger partial charge is 0.421 e. The second-order valence-electron chi connectivity index (χ2n) is 13.4. The van der Waals surface area contributed by atoms with Crippen LogP contribution in [0.5, 0.6) is 5.75 Å². The van der Waals surface area contributed by atoms with Gasteiger partial charge in [-0.1, -0.05) is 74.3 Å². The van der Waals surface area contributed by atoms with Crippen LogP contribution in [0, 0.1) is 0 Å². The molecule has 0 spiro atoms. The summed E-state index contributed by atoms with van der Waals surface area (Å²) in [7, 11) is 0. The Balaban J connectivity index is 1.07. The first-order valence-electron chi connectivity index (χ1n) is 16.3.